The smallest absolute Gasteiger partial charge is 0.253 e. The van der Waals surface area contributed by atoms with Gasteiger partial charge in [0.1, 0.15) is 12.1 Å². The number of nitrogens with zero attached hydrogens (tertiary/aromatic N) is 4. The number of carbonyl (C=O) groups is 1. The molecule has 1 aromatic carbocycles. The number of rotatable bonds is 7. The molecular formula is C21H21N5O2. The van der Waals surface area contributed by atoms with Crippen LogP contribution in [0.25, 0.3) is 16.7 Å². The van der Waals surface area contributed by atoms with Gasteiger partial charge >= 0.3 is 0 Å². The van der Waals surface area contributed by atoms with Crippen molar-refractivity contribution in [2.45, 2.75) is 13.1 Å². The lowest BCUT2D eigenvalue weighted by molar-refractivity contribution is 0.0952. The van der Waals surface area contributed by atoms with Crippen molar-refractivity contribution in [3.63, 3.8) is 0 Å². The molecule has 0 bridgehead atoms. The highest BCUT2D eigenvalue weighted by atomic mass is 16.5. The van der Waals surface area contributed by atoms with Gasteiger partial charge in [-0.3, -0.25) is 9.36 Å². The number of ether oxygens (including phenoxy) is 1. The van der Waals surface area contributed by atoms with Crippen molar-refractivity contribution >= 4 is 16.8 Å². The number of fused-ring (bicyclic) bond motifs is 1. The number of nitrogens with one attached hydrogen (secondary N) is 1. The van der Waals surface area contributed by atoms with Crippen molar-refractivity contribution in [1.82, 2.24) is 24.4 Å². The molecule has 0 saturated carbocycles. The molecule has 4 aromatic rings. The molecule has 7 nitrogen and oxygen atoms in total. The van der Waals surface area contributed by atoms with Gasteiger partial charge in [0.25, 0.3) is 5.91 Å². The maximum Gasteiger partial charge on any atom is 0.253 e. The highest BCUT2D eigenvalue weighted by Gasteiger charge is 2.15. The van der Waals surface area contributed by atoms with E-state index in [0.29, 0.717) is 25.3 Å². The zero-order valence-electron chi connectivity index (χ0n) is 15.6. The van der Waals surface area contributed by atoms with Crippen LogP contribution in [0.3, 0.4) is 0 Å². The Kier molecular flexibility index (Phi) is 5.16. The van der Waals surface area contributed by atoms with Gasteiger partial charge in [-0.05, 0) is 12.1 Å². The van der Waals surface area contributed by atoms with E-state index >= 15 is 0 Å². The number of hydrogen-bond acceptors (Lipinski definition) is 4. The van der Waals surface area contributed by atoms with Crippen LogP contribution in [-0.4, -0.2) is 38.7 Å². The van der Waals surface area contributed by atoms with Crippen molar-refractivity contribution in [3.8, 4) is 5.82 Å². The molecule has 0 aliphatic carbocycles. The van der Waals surface area contributed by atoms with Gasteiger partial charge in [0.05, 0.1) is 12.2 Å². The quantitative estimate of drug-likeness (QED) is 0.539. The van der Waals surface area contributed by atoms with Crippen molar-refractivity contribution in [2.24, 2.45) is 0 Å². The van der Waals surface area contributed by atoms with E-state index in [1.807, 2.05) is 53.4 Å². The molecule has 4 rings (SSSR count). The summed E-state index contributed by atoms with van der Waals surface area (Å²) in [6, 6.07) is 11.7. The minimum atomic E-state index is -0.118. The Morgan fingerprint density at radius 3 is 2.89 bits per heavy atom. The molecule has 0 unspecified atom stereocenters. The van der Waals surface area contributed by atoms with Crippen LogP contribution in [0.5, 0.6) is 0 Å². The van der Waals surface area contributed by atoms with Gasteiger partial charge in [0.2, 0.25) is 0 Å². The number of benzene rings is 1. The fraction of sp³-hybridized carbons (Fsp3) is 0.190. The first-order valence-corrected chi connectivity index (χ1v) is 9.05. The molecule has 0 aliphatic heterocycles. The first-order chi connectivity index (χ1) is 13.8. The normalized spacial score (nSPS) is 11.0. The summed E-state index contributed by atoms with van der Waals surface area (Å²) in [4.78, 5) is 21.4. The van der Waals surface area contributed by atoms with Gasteiger partial charge in [-0.25, -0.2) is 9.97 Å². The minimum absolute atomic E-state index is 0.118. The molecule has 0 radical (unpaired) electrons. The van der Waals surface area contributed by atoms with E-state index in [1.165, 1.54) is 0 Å². The SMILES string of the molecule is COCCn1cc(C(=O)NCc2cccnc2-n2ccnc2)c2ccccc21. The second kappa shape index (κ2) is 8.06. The summed E-state index contributed by atoms with van der Waals surface area (Å²) >= 11 is 0. The van der Waals surface area contributed by atoms with Gasteiger partial charge in [-0.1, -0.05) is 24.3 Å². The average molecular weight is 375 g/mol. The van der Waals surface area contributed by atoms with E-state index in [2.05, 4.69) is 19.9 Å². The lowest BCUT2D eigenvalue weighted by atomic mass is 10.1. The molecule has 3 aromatic heterocycles. The molecular weight excluding hydrogens is 354 g/mol. The number of carbonyl (C=O) groups excluding carboxylic acids is 1. The second-order valence-corrected chi connectivity index (χ2v) is 6.38. The molecule has 0 aliphatic rings. The van der Waals surface area contributed by atoms with Crippen LogP contribution in [0.1, 0.15) is 15.9 Å². The molecule has 0 fully saturated rings. The van der Waals surface area contributed by atoms with Crippen LogP contribution in [-0.2, 0) is 17.8 Å². The van der Waals surface area contributed by atoms with Crippen molar-refractivity contribution in [1.29, 1.82) is 0 Å². The first-order valence-electron chi connectivity index (χ1n) is 9.05. The highest BCUT2D eigenvalue weighted by Crippen LogP contribution is 2.21. The molecule has 0 spiro atoms. The summed E-state index contributed by atoms with van der Waals surface area (Å²) in [7, 11) is 1.67. The molecule has 0 saturated heterocycles. The lowest BCUT2D eigenvalue weighted by Crippen LogP contribution is -2.23. The molecule has 0 atom stereocenters. The summed E-state index contributed by atoms with van der Waals surface area (Å²) in [6.07, 6.45) is 8.84. The Morgan fingerprint density at radius 2 is 2.07 bits per heavy atom. The van der Waals surface area contributed by atoms with E-state index in [1.54, 1.807) is 25.8 Å². The highest BCUT2D eigenvalue weighted by molar-refractivity contribution is 6.07. The first kappa shape index (κ1) is 17.9. The molecule has 1 N–H and O–H groups in total. The number of imidazole rings is 1. The van der Waals surface area contributed by atoms with Crippen LogP contribution in [0, 0.1) is 0 Å². The van der Waals surface area contributed by atoms with Gasteiger partial charge in [-0.2, -0.15) is 0 Å². The second-order valence-electron chi connectivity index (χ2n) is 6.38. The van der Waals surface area contributed by atoms with Crippen molar-refractivity contribution in [3.05, 3.63) is 78.6 Å². The van der Waals surface area contributed by atoms with E-state index < -0.39 is 0 Å². The number of methoxy groups -OCH3 is 1. The molecule has 1 amide bonds. The summed E-state index contributed by atoms with van der Waals surface area (Å²) < 4.78 is 9.06. The summed E-state index contributed by atoms with van der Waals surface area (Å²) in [5, 5.41) is 3.95. The Balaban J connectivity index is 1.57. The van der Waals surface area contributed by atoms with E-state index in [0.717, 1.165) is 22.3 Å². The van der Waals surface area contributed by atoms with Gasteiger partial charge in [0, 0.05) is 61.5 Å². The third kappa shape index (κ3) is 3.52. The Bertz CT molecular complexity index is 1090. The zero-order valence-corrected chi connectivity index (χ0v) is 15.6. The Morgan fingerprint density at radius 1 is 1.18 bits per heavy atom. The van der Waals surface area contributed by atoms with Crippen molar-refractivity contribution in [2.75, 3.05) is 13.7 Å². The van der Waals surface area contributed by atoms with Crippen LogP contribution in [0.15, 0.2) is 67.5 Å². The Labute approximate surface area is 162 Å². The van der Waals surface area contributed by atoms with E-state index in [9.17, 15) is 4.79 Å². The van der Waals surface area contributed by atoms with E-state index in [4.69, 9.17) is 4.74 Å². The van der Waals surface area contributed by atoms with Crippen molar-refractivity contribution < 1.29 is 9.53 Å². The van der Waals surface area contributed by atoms with E-state index in [-0.39, 0.29) is 5.91 Å². The standard InChI is InChI=1S/C21H21N5O2/c1-28-12-11-25-14-18(17-6-2-3-7-19(17)25)21(27)24-13-16-5-4-8-23-20(16)26-10-9-22-15-26/h2-10,14-15H,11-13H2,1H3,(H,24,27). The molecule has 3 heterocycles. The zero-order chi connectivity index (χ0) is 19.3. The maximum absolute atomic E-state index is 12.9. The van der Waals surface area contributed by atoms with Gasteiger partial charge < -0.3 is 14.6 Å². The van der Waals surface area contributed by atoms with Crippen LogP contribution < -0.4 is 5.32 Å². The van der Waals surface area contributed by atoms with Gasteiger partial charge in [0.15, 0.2) is 0 Å². The van der Waals surface area contributed by atoms with Crippen LogP contribution in [0.4, 0.5) is 0 Å². The summed E-state index contributed by atoms with van der Waals surface area (Å²) in [5.41, 5.74) is 2.59. The predicted octanol–water partition coefficient (Wildman–Crippen LogP) is 2.80. The van der Waals surface area contributed by atoms with Gasteiger partial charge in [-0.15, -0.1) is 0 Å². The summed E-state index contributed by atoms with van der Waals surface area (Å²) in [5.74, 6) is 0.635. The monoisotopic (exact) mass is 375 g/mol. The molecule has 7 heteroatoms. The summed E-state index contributed by atoms with van der Waals surface area (Å²) in [6.45, 7) is 1.65. The number of amides is 1. The average Bonchev–Trinajstić information content (AvgIpc) is 3.39. The fourth-order valence-electron chi connectivity index (χ4n) is 3.26. The lowest BCUT2D eigenvalue weighted by Gasteiger charge is -2.10. The number of aromatic nitrogens is 4. The third-order valence-electron chi connectivity index (χ3n) is 4.63. The maximum atomic E-state index is 12.9. The minimum Gasteiger partial charge on any atom is -0.383 e. The number of hydrogen-bond donors (Lipinski definition) is 1. The Hall–Kier alpha value is -3.45. The molecule has 142 valence electrons. The van der Waals surface area contributed by atoms with Crippen LogP contribution in [0.2, 0.25) is 0 Å². The number of pyridine rings is 1. The third-order valence-corrected chi connectivity index (χ3v) is 4.63. The topological polar surface area (TPSA) is 74.0 Å². The fourth-order valence-corrected chi connectivity index (χ4v) is 3.26. The van der Waals surface area contributed by atoms with Crippen LogP contribution >= 0.6 is 0 Å². The predicted molar refractivity (Wildman–Crippen MR) is 106 cm³/mol. The number of para-hydroxylation sites is 1. The largest absolute Gasteiger partial charge is 0.383 e. The molecule has 28 heavy (non-hydrogen) atoms.